The summed E-state index contributed by atoms with van der Waals surface area (Å²) in [6.45, 7) is 1.96. The Morgan fingerprint density at radius 1 is 1.14 bits per heavy atom. The molecule has 0 aliphatic carbocycles. The van der Waals surface area contributed by atoms with Crippen molar-refractivity contribution in [3.8, 4) is 11.4 Å². The Bertz CT molecular complexity index is 737. The van der Waals surface area contributed by atoms with E-state index in [-0.39, 0.29) is 18.4 Å². The van der Waals surface area contributed by atoms with Gasteiger partial charge in [-0.05, 0) is 36.8 Å². The predicted octanol–water partition coefficient (Wildman–Crippen LogP) is 2.87. The molecule has 0 bridgehead atoms. The normalized spacial score (nSPS) is 12.0. The minimum absolute atomic E-state index is 0. The average molecular weight is 305 g/mol. The van der Waals surface area contributed by atoms with Crippen LogP contribution in [0.15, 0.2) is 42.5 Å². The summed E-state index contributed by atoms with van der Waals surface area (Å²) in [6.07, 6.45) is 0. The molecule has 110 valence electrons. The zero-order chi connectivity index (χ0) is 14.1. The summed E-state index contributed by atoms with van der Waals surface area (Å²) in [4.78, 5) is 0. The van der Waals surface area contributed by atoms with E-state index in [0.29, 0.717) is 0 Å². The van der Waals surface area contributed by atoms with Gasteiger partial charge in [0.25, 0.3) is 0 Å². The first kappa shape index (κ1) is 15.3. The largest absolute Gasteiger partial charge is 0.497 e. The number of hydrogen-bond acceptors (Lipinski definition) is 4. The topological polar surface area (TPSA) is 66.0 Å². The van der Waals surface area contributed by atoms with E-state index in [0.717, 1.165) is 28.0 Å². The highest BCUT2D eigenvalue weighted by Crippen LogP contribution is 2.22. The maximum Gasteiger partial charge on any atom is 0.121 e. The molecule has 3 aromatic rings. The van der Waals surface area contributed by atoms with Crippen LogP contribution in [0, 0.1) is 0 Å². The van der Waals surface area contributed by atoms with Crippen LogP contribution in [0.2, 0.25) is 0 Å². The van der Waals surface area contributed by atoms with Crippen LogP contribution in [0.25, 0.3) is 16.7 Å². The SMILES string of the molecule is COc1ccc2c(c1)nnn2-c1ccc([C@H](C)N)cc1.Cl. The second-order valence-electron chi connectivity index (χ2n) is 4.74. The summed E-state index contributed by atoms with van der Waals surface area (Å²) in [6, 6.07) is 13.8. The van der Waals surface area contributed by atoms with Gasteiger partial charge in [-0.1, -0.05) is 17.3 Å². The number of methoxy groups -OCH3 is 1. The lowest BCUT2D eigenvalue weighted by atomic mass is 10.1. The van der Waals surface area contributed by atoms with Gasteiger partial charge in [0.05, 0.1) is 18.3 Å². The Kier molecular flexibility index (Phi) is 4.45. The summed E-state index contributed by atoms with van der Waals surface area (Å²) in [5, 5.41) is 8.36. The van der Waals surface area contributed by atoms with Gasteiger partial charge in [0.1, 0.15) is 11.3 Å². The van der Waals surface area contributed by atoms with Crippen molar-refractivity contribution in [1.29, 1.82) is 0 Å². The first-order chi connectivity index (χ1) is 9.69. The molecule has 0 aliphatic rings. The lowest BCUT2D eigenvalue weighted by molar-refractivity contribution is 0.415. The van der Waals surface area contributed by atoms with Crippen LogP contribution < -0.4 is 10.5 Å². The zero-order valence-corrected chi connectivity index (χ0v) is 12.7. The molecule has 2 N–H and O–H groups in total. The summed E-state index contributed by atoms with van der Waals surface area (Å²) in [7, 11) is 1.64. The third-order valence-corrected chi connectivity index (χ3v) is 3.32. The van der Waals surface area contributed by atoms with Crippen LogP contribution in [-0.2, 0) is 0 Å². The highest BCUT2D eigenvalue weighted by atomic mass is 35.5. The van der Waals surface area contributed by atoms with E-state index in [1.165, 1.54) is 0 Å². The summed E-state index contributed by atoms with van der Waals surface area (Å²) < 4.78 is 6.99. The molecule has 3 rings (SSSR count). The minimum atomic E-state index is 0. The number of fused-ring (bicyclic) bond motifs is 1. The zero-order valence-electron chi connectivity index (χ0n) is 11.9. The molecule has 1 heterocycles. The van der Waals surface area contributed by atoms with Gasteiger partial charge in [0.2, 0.25) is 0 Å². The van der Waals surface area contributed by atoms with E-state index in [1.54, 1.807) is 11.8 Å². The molecule has 0 aliphatic heterocycles. The molecule has 1 aromatic heterocycles. The molecule has 21 heavy (non-hydrogen) atoms. The molecule has 0 spiro atoms. The maximum atomic E-state index is 5.86. The standard InChI is InChI=1S/C15H16N4O.ClH/c1-10(16)11-3-5-12(6-4-11)19-15-8-7-13(20-2)9-14(15)17-18-19;/h3-10H,16H2,1-2H3;1H/t10-;/m0./s1. The van der Waals surface area contributed by atoms with E-state index < -0.39 is 0 Å². The Morgan fingerprint density at radius 3 is 2.48 bits per heavy atom. The number of rotatable bonds is 3. The van der Waals surface area contributed by atoms with Gasteiger partial charge in [-0.25, -0.2) is 4.68 Å². The second-order valence-corrected chi connectivity index (χ2v) is 4.74. The number of nitrogens with two attached hydrogens (primary N) is 1. The van der Waals surface area contributed by atoms with Crippen LogP contribution in [-0.4, -0.2) is 22.1 Å². The summed E-state index contributed by atoms with van der Waals surface area (Å²) >= 11 is 0. The van der Waals surface area contributed by atoms with Crippen molar-refractivity contribution in [3.05, 3.63) is 48.0 Å². The molecule has 0 saturated heterocycles. The first-order valence-corrected chi connectivity index (χ1v) is 6.44. The molecule has 0 saturated carbocycles. The highest BCUT2D eigenvalue weighted by Gasteiger charge is 2.08. The molecule has 2 aromatic carbocycles. The third kappa shape index (κ3) is 2.84. The Morgan fingerprint density at radius 2 is 1.86 bits per heavy atom. The lowest BCUT2D eigenvalue weighted by Gasteiger charge is -2.07. The van der Waals surface area contributed by atoms with Gasteiger partial charge in [-0.3, -0.25) is 0 Å². The van der Waals surface area contributed by atoms with Gasteiger partial charge in [-0.2, -0.15) is 0 Å². The van der Waals surface area contributed by atoms with E-state index in [1.807, 2.05) is 49.4 Å². The number of benzene rings is 2. The maximum absolute atomic E-state index is 5.86. The fourth-order valence-corrected chi connectivity index (χ4v) is 2.14. The van der Waals surface area contributed by atoms with Gasteiger partial charge in [0, 0.05) is 12.1 Å². The van der Waals surface area contributed by atoms with Crippen LogP contribution in [0.1, 0.15) is 18.5 Å². The van der Waals surface area contributed by atoms with Crippen LogP contribution >= 0.6 is 12.4 Å². The minimum Gasteiger partial charge on any atom is -0.497 e. The first-order valence-electron chi connectivity index (χ1n) is 6.44. The summed E-state index contributed by atoms with van der Waals surface area (Å²) in [5.74, 6) is 0.775. The predicted molar refractivity (Wildman–Crippen MR) is 85.3 cm³/mol. The Balaban J connectivity index is 0.00000161. The molecule has 0 amide bonds. The molecule has 0 unspecified atom stereocenters. The molecule has 0 radical (unpaired) electrons. The van der Waals surface area contributed by atoms with Gasteiger partial charge < -0.3 is 10.5 Å². The number of ether oxygens (including phenoxy) is 1. The van der Waals surface area contributed by atoms with Crippen molar-refractivity contribution in [2.75, 3.05) is 7.11 Å². The van der Waals surface area contributed by atoms with Crippen LogP contribution in [0.5, 0.6) is 5.75 Å². The smallest absolute Gasteiger partial charge is 0.121 e. The fourth-order valence-electron chi connectivity index (χ4n) is 2.14. The highest BCUT2D eigenvalue weighted by molar-refractivity contribution is 5.85. The Hall–Kier alpha value is -2.11. The number of aromatic nitrogens is 3. The number of nitrogens with zero attached hydrogens (tertiary/aromatic N) is 3. The Labute approximate surface area is 129 Å². The monoisotopic (exact) mass is 304 g/mol. The van der Waals surface area contributed by atoms with E-state index in [2.05, 4.69) is 10.3 Å². The van der Waals surface area contributed by atoms with Crippen molar-refractivity contribution in [3.63, 3.8) is 0 Å². The van der Waals surface area contributed by atoms with Crippen molar-refractivity contribution < 1.29 is 4.74 Å². The van der Waals surface area contributed by atoms with Crippen molar-refractivity contribution >= 4 is 23.4 Å². The molecule has 0 fully saturated rings. The number of halogens is 1. The van der Waals surface area contributed by atoms with Crippen molar-refractivity contribution in [2.45, 2.75) is 13.0 Å². The molecule has 6 heteroatoms. The molecule has 1 atom stereocenters. The average Bonchev–Trinajstić information content (AvgIpc) is 2.90. The van der Waals surface area contributed by atoms with E-state index >= 15 is 0 Å². The van der Waals surface area contributed by atoms with Gasteiger partial charge in [0.15, 0.2) is 0 Å². The number of hydrogen-bond donors (Lipinski definition) is 1. The summed E-state index contributed by atoms with van der Waals surface area (Å²) in [5.41, 5.74) is 9.66. The third-order valence-electron chi connectivity index (χ3n) is 3.32. The molecular formula is C15H17ClN4O. The van der Waals surface area contributed by atoms with Crippen LogP contribution in [0.3, 0.4) is 0 Å². The van der Waals surface area contributed by atoms with Crippen molar-refractivity contribution in [1.82, 2.24) is 15.0 Å². The fraction of sp³-hybridized carbons (Fsp3) is 0.200. The van der Waals surface area contributed by atoms with Gasteiger partial charge >= 0.3 is 0 Å². The lowest BCUT2D eigenvalue weighted by Crippen LogP contribution is -2.05. The van der Waals surface area contributed by atoms with Crippen LogP contribution in [0.4, 0.5) is 0 Å². The molecular weight excluding hydrogens is 288 g/mol. The van der Waals surface area contributed by atoms with Gasteiger partial charge in [-0.15, -0.1) is 17.5 Å². The van der Waals surface area contributed by atoms with E-state index in [4.69, 9.17) is 10.5 Å². The van der Waals surface area contributed by atoms with Crippen molar-refractivity contribution in [2.24, 2.45) is 5.73 Å². The molecule has 5 nitrogen and oxygen atoms in total. The quantitative estimate of drug-likeness (QED) is 0.808. The van der Waals surface area contributed by atoms with E-state index in [9.17, 15) is 0 Å². The second kappa shape index (κ2) is 6.11.